The Morgan fingerprint density at radius 2 is 1.94 bits per heavy atom. The second-order valence-electron chi connectivity index (χ2n) is 4.09. The average molecular weight is 221 g/mol. The summed E-state index contributed by atoms with van der Waals surface area (Å²) in [5.74, 6) is 2.64. The van der Waals surface area contributed by atoms with Crippen molar-refractivity contribution in [1.82, 2.24) is 0 Å². The molecule has 2 aromatic carbocycles. The van der Waals surface area contributed by atoms with Gasteiger partial charge in [-0.2, -0.15) is 0 Å². The quantitative estimate of drug-likeness (QED) is 0.714. The van der Waals surface area contributed by atoms with Crippen molar-refractivity contribution in [2.45, 2.75) is 6.42 Å². The molecule has 0 spiro atoms. The van der Waals surface area contributed by atoms with Gasteiger partial charge >= 0.3 is 0 Å². The van der Waals surface area contributed by atoms with E-state index in [1.54, 1.807) is 4.90 Å². The minimum absolute atomic E-state index is 0.0621. The number of anilines is 1. The highest BCUT2D eigenvalue weighted by molar-refractivity contribution is 6.24. The zero-order valence-corrected chi connectivity index (χ0v) is 9.31. The largest absolute Gasteiger partial charge is 0.307 e. The molecule has 82 valence electrons. The van der Waals surface area contributed by atoms with E-state index < -0.39 is 0 Å². The average Bonchev–Trinajstić information content (AvgIpc) is 2.64. The number of hydrogen-bond donors (Lipinski definition) is 0. The summed E-state index contributed by atoms with van der Waals surface area (Å²) in [7, 11) is 0. The van der Waals surface area contributed by atoms with Crippen molar-refractivity contribution in [3.05, 3.63) is 42.0 Å². The van der Waals surface area contributed by atoms with Gasteiger partial charge in [-0.1, -0.05) is 24.3 Å². The van der Waals surface area contributed by atoms with Crippen molar-refractivity contribution >= 4 is 22.4 Å². The maximum Gasteiger partial charge on any atom is 0.259 e. The number of benzene rings is 2. The van der Waals surface area contributed by atoms with E-state index >= 15 is 0 Å². The van der Waals surface area contributed by atoms with Gasteiger partial charge in [-0.05, 0) is 17.5 Å². The molecule has 0 fully saturated rings. The SMILES string of the molecule is C#CCCN1C(=O)c2cccc3cccc1c23. The molecule has 0 bridgehead atoms. The molecule has 0 saturated carbocycles. The van der Waals surface area contributed by atoms with E-state index in [9.17, 15) is 4.79 Å². The van der Waals surface area contributed by atoms with Gasteiger partial charge in [0.15, 0.2) is 0 Å². The summed E-state index contributed by atoms with van der Waals surface area (Å²) < 4.78 is 0. The van der Waals surface area contributed by atoms with Crippen LogP contribution in [0.1, 0.15) is 16.8 Å². The smallest absolute Gasteiger partial charge is 0.259 e. The van der Waals surface area contributed by atoms with Gasteiger partial charge in [-0.3, -0.25) is 4.79 Å². The third-order valence-electron chi connectivity index (χ3n) is 3.13. The monoisotopic (exact) mass is 221 g/mol. The summed E-state index contributed by atoms with van der Waals surface area (Å²) >= 11 is 0. The van der Waals surface area contributed by atoms with Crippen molar-refractivity contribution < 1.29 is 4.79 Å². The summed E-state index contributed by atoms with van der Waals surface area (Å²) in [4.78, 5) is 14.0. The first-order valence-corrected chi connectivity index (χ1v) is 5.60. The number of hydrogen-bond acceptors (Lipinski definition) is 1. The Morgan fingerprint density at radius 1 is 1.18 bits per heavy atom. The van der Waals surface area contributed by atoms with E-state index in [0.29, 0.717) is 13.0 Å². The van der Waals surface area contributed by atoms with E-state index in [-0.39, 0.29) is 5.91 Å². The van der Waals surface area contributed by atoms with Gasteiger partial charge in [0.1, 0.15) is 0 Å². The van der Waals surface area contributed by atoms with Gasteiger partial charge in [0.05, 0.1) is 5.69 Å². The van der Waals surface area contributed by atoms with Crippen LogP contribution in [0.15, 0.2) is 36.4 Å². The summed E-state index contributed by atoms with van der Waals surface area (Å²) in [5.41, 5.74) is 1.77. The molecule has 1 heterocycles. The maximum absolute atomic E-state index is 12.2. The Morgan fingerprint density at radius 3 is 2.71 bits per heavy atom. The fraction of sp³-hybridized carbons (Fsp3) is 0.133. The molecule has 3 rings (SSSR count). The summed E-state index contributed by atoms with van der Waals surface area (Å²) in [5, 5.41) is 2.16. The lowest BCUT2D eigenvalue weighted by Crippen LogP contribution is -2.27. The minimum Gasteiger partial charge on any atom is -0.307 e. The van der Waals surface area contributed by atoms with Gasteiger partial charge in [0, 0.05) is 23.9 Å². The number of nitrogens with zero attached hydrogens (tertiary/aromatic N) is 1. The molecule has 0 N–H and O–H groups in total. The first-order chi connectivity index (χ1) is 8.33. The van der Waals surface area contributed by atoms with Crippen LogP contribution < -0.4 is 4.90 Å². The van der Waals surface area contributed by atoms with Gasteiger partial charge < -0.3 is 4.90 Å². The molecule has 0 atom stereocenters. The van der Waals surface area contributed by atoms with E-state index in [1.807, 2.05) is 36.4 Å². The van der Waals surface area contributed by atoms with E-state index in [1.165, 1.54) is 0 Å². The zero-order valence-electron chi connectivity index (χ0n) is 9.31. The highest BCUT2D eigenvalue weighted by atomic mass is 16.2. The Hall–Kier alpha value is -2.27. The molecule has 0 aliphatic carbocycles. The first kappa shape index (κ1) is 9.92. The van der Waals surface area contributed by atoms with Gasteiger partial charge in [0.25, 0.3) is 5.91 Å². The number of terminal acetylenes is 1. The number of carbonyl (C=O) groups is 1. The van der Waals surface area contributed by atoms with Crippen molar-refractivity contribution in [3.63, 3.8) is 0 Å². The van der Waals surface area contributed by atoms with Crippen LogP contribution in [0, 0.1) is 12.3 Å². The summed E-state index contributed by atoms with van der Waals surface area (Å²) in [6, 6.07) is 11.8. The molecule has 0 radical (unpaired) electrons. The number of carbonyl (C=O) groups excluding carboxylic acids is 1. The molecule has 1 aliphatic rings. The lowest BCUT2D eigenvalue weighted by Gasteiger charge is -2.15. The molecule has 2 aromatic rings. The van der Waals surface area contributed by atoms with Crippen LogP contribution in [0.25, 0.3) is 10.8 Å². The molecule has 17 heavy (non-hydrogen) atoms. The topological polar surface area (TPSA) is 20.3 Å². The Balaban J connectivity index is 2.21. The molecule has 2 heteroatoms. The molecule has 2 nitrogen and oxygen atoms in total. The lowest BCUT2D eigenvalue weighted by molar-refractivity contribution is 0.0994. The van der Waals surface area contributed by atoms with E-state index in [4.69, 9.17) is 6.42 Å². The Bertz CT molecular complexity index is 646. The van der Waals surface area contributed by atoms with E-state index in [2.05, 4.69) is 5.92 Å². The zero-order chi connectivity index (χ0) is 11.8. The highest BCUT2D eigenvalue weighted by Crippen LogP contribution is 2.36. The van der Waals surface area contributed by atoms with Crippen LogP contribution >= 0.6 is 0 Å². The van der Waals surface area contributed by atoms with Crippen LogP contribution in [0.4, 0.5) is 5.69 Å². The van der Waals surface area contributed by atoms with E-state index in [0.717, 1.165) is 22.0 Å². The van der Waals surface area contributed by atoms with Crippen LogP contribution in [0.2, 0.25) is 0 Å². The van der Waals surface area contributed by atoms with Crippen LogP contribution in [0.5, 0.6) is 0 Å². The predicted octanol–water partition coefficient (Wildman–Crippen LogP) is 2.82. The normalized spacial score (nSPS) is 13.1. The molecule has 1 amide bonds. The van der Waals surface area contributed by atoms with Crippen molar-refractivity contribution in [2.75, 3.05) is 11.4 Å². The first-order valence-electron chi connectivity index (χ1n) is 5.60. The molecule has 1 aliphatic heterocycles. The Labute approximate surface area is 99.9 Å². The number of amides is 1. The fourth-order valence-electron chi connectivity index (χ4n) is 2.38. The molecule has 0 aromatic heterocycles. The third kappa shape index (κ3) is 1.33. The standard InChI is InChI=1S/C15H11NO/c1-2-3-10-16-13-9-5-7-11-6-4-8-12(14(11)13)15(16)17/h1,4-9H,3,10H2. The van der Waals surface area contributed by atoms with Crippen molar-refractivity contribution in [1.29, 1.82) is 0 Å². The second-order valence-corrected chi connectivity index (χ2v) is 4.09. The Kier molecular flexibility index (Phi) is 2.12. The van der Waals surface area contributed by atoms with Gasteiger partial charge in [-0.25, -0.2) is 0 Å². The maximum atomic E-state index is 12.2. The number of rotatable bonds is 2. The highest BCUT2D eigenvalue weighted by Gasteiger charge is 2.28. The lowest BCUT2D eigenvalue weighted by atomic mass is 10.1. The second kappa shape index (κ2) is 3.64. The predicted molar refractivity (Wildman–Crippen MR) is 69.1 cm³/mol. The third-order valence-corrected chi connectivity index (χ3v) is 3.13. The minimum atomic E-state index is 0.0621. The molecule has 0 saturated heterocycles. The molecular weight excluding hydrogens is 210 g/mol. The van der Waals surface area contributed by atoms with Crippen LogP contribution in [-0.2, 0) is 0 Å². The van der Waals surface area contributed by atoms with Crippen molar-refractivity contribution in [2.24, 2.45) is 0 Å². The van der Waals surface area contributed by atoms with Crippen molar-refractivity contribution in [3.8, 4) is 12.3 Å². The molecular formula is C15H11NO. The van der Waals surface area contributed by atoms with Crippen LogP contribution in [0.3, 0.4) is 0 Å². The fourth-order valence-corrected chi connectivity index (χ4v) is 2.38. The van der Waals surface area contributed by atoms with Gasteiger partial charge in [0.2, 0.25) is 0 Å². The molecule has 0 unspecified atom stereocenters. The van der Waals surface area contributed by atoms with Crippen LogP contribution in [-0.4, -0.2) is 12.5 Å². The van der Waals surface area contributed by atoms with Gasteiger partial charge in [-0.15, -0.1) is 12.3 Å². The summed E-state index contributed by atoms with van der Waals surface area (Å²) in [6.45, 7) is 0.586. The summed E-state index contributed by atoms with van der Waals surface area (Å²) in [6.07, 6.45) is 5.85.